The van der Waals surface area contributed by atoms with Crippen LogP contribution in [0.3, 0.4) is 0 Å². The minimum Gasteiger partial charge on any atom is -0.547 e. The van der Waals surface area contributed by atoms with Crippen molar-refractivity contribution in [3.63, 3.8) is 0 Å². The second-order valence-electron chi connectivity index (χ2n) is 3.28. The maximum absolute atomic E-state index is 10.8. The van der Waals surface area contributed by atoms with Gasteiger partial charge in [0.25, 0.3) is 0 Å². The molecule has 0 aliphatic rings. The zero-order valence-electron chi connectivity index (χ0n) is 9.50. The van der Waals surface area contributed by atoms with E-state index in [0.717, 1.165) is 5.56 Å². The van der Waals surface area contributed by atoms with Crippen molar-refractivity contribution in [2.24, 2.45) is 0 Å². The van der Waals surface area contributed by atoms with Crippen LogP contribution in [0.15, 0.2) is 30.3 Å². The number of halogens is 1. The number of benzene rings is 1. The molecule has 82 valence electrons. The summed E-state index contributed by atoms with van der Waals surface area (Å²) < 4.78 is 0. The Morgan fingerprint density at radius 3 is 2.44 bits per heavy atom. The summed E-state index contributed by atoms with van der Waals surface area (Å²) in [5, 5.41) is 13.5. The fourth-order valence-corrected chi connectivity index (χ4v) is 1.25. The van der Waals surface area contributed by atoms with E-state index in [1.165, 1.54) is 0 Å². The first-order valence-corrected chi connectivity index (χ1v) is 5.15. The Bertz CT molecular complexity index is 334. The molecule has 1 unspecified atom stereocenters. The predicted octanol–water partition coefficient (Wildman–Crippen LogP) is -2.12. The molecular formula is C11H13ClNNaO2. The summed E-state index contributed by atoms with van der Waals surface area (Å²) in [7, 11) is 0. The number of aliphatic carboxylic acids is 1. The molecule has 1 aromatic rings. The maximum Gasteiger partial charge on any atom is 1.00 e. The van der Waals surface area contributed by atoms with Crippen molar-refractivity contribution in [2.75, 3.05) is 0 Å². The minimum absolute atomic E-state index is 0. The molecule has 1 N–H and O–H groups in total. The smallest absolute Gasteiger partial charge is 0.547 e. The van der Waals surface area contributed by atoms with E-state index in [-0.39, 0.29) is 36.0 Å². The van der Waals surface area contributed by atoms with Gasteiger partial charge in [-0.2, -0.15) is 0 Å². The Morgan fingerprint density at radius 2 is 2.00 bits per heavy atom. The molecule has 1 rings (SSSR count). The number of carbonyl (C=O) groups excluding carboxylic acids is 1. The van der Waals surface area contributed by atoms with Crippen LogP contribution in [-0.2, 0) is 11.3 Å². The van der Waals surface area contributed by atoms with Gasteiger partial charge in [0, 0.05) is 6.54 Å². The van der Waals surface area contributed by atoms with E-state index in [1.807, 2.05) is 30.3 Å². The topological polar surface area (TPSA) is 52.2 Å². The van der Waals surface area contributed by atoms with Gasteiger partial charge >= 0.3 is 29.6 Å². The van der Waals surface area contributed by atoms with E-state index < -0.39 is 11.0 Å². The van der Waals surface area contributed by atoms with Gasteiger partial charge in [-0.1, -0.05) is 48.9 Å². The normalized spacial score (nSPS) is 13.6. The van der Waals surface area contributed by atoms with Crippen LogP contribution >= 0.6 is 11.6 Å². The third-order valence-electron chi connectivity index (χ3n) is 2.23. The van der Waals surface area contributed by atoms with Gasteiger partial charge in [-0.15, -0.1) is 0 Å². The molecule has 0 radical (unpaired) electrons. The summed E-state index contributed by atoms with van der Waals surface area (Å²) in [5.41, 5.74) is 0.984. The van der Waals surface area contributed by atoms with Crippen molar-refractivity contribution in [1.82, 2.24) is 5.32 Å². The van der Waals surface area contributed by atoms with Crippen LogP contribution in [0.1, 0.15) is 18.9 Å². The monoisotopic (exact) mass is 249 g/mol. The van der Waals surface area contributed by atoms with Gasteiger partial charge in [-0.25, -0.2) is 0 Å². The first kappa shape index (κ1) is 15.9. The van der Waals surface area contributed by atoms with Crippen molar-refractivity contribution in [3.05, 3.63) is 35.9 Å². The van der Waals surface area contributed by atoms with Gasteiger partial charge in [0.2, 0.25) is 0 Å². The largest absolute Gasteiger partial charge is 1.00 e. The molecule has 0 aromatic heterocycles. The van der Waals surface area contributed by atoms with Crippen molar-refractivity contribution in [3.8, 4) is 0 Å². The number of nitrogens with one attached hydrogen (secondary N) is 1. The number of hydrogen-bond acceptors (Lipinski definition) is 3. The second-order valence-corrected chi connectivity index (χ2v) is 3.93. The summed E-state index contributed by atoms with van der Waals surface area (Å²) >= 11 is 5.84. The van der Waals surface area contributed by atoms with Crippen LogP contribution in [0.4, 0.5) is 0 Å². The summed E-state index contributed by atoms with van der Waals surface area (Å²) in [6.07, 6.45) is 0.268. The molecule has 3 nitrogen and oxygen atoms in total. The number of alkyl halides is 1. The van der Waals surface area contributed by atoms with Crippen LogP contribution in [0.25, 0.3) is 0 Å². The van der Waals surface area contributed by atoms with E-state index in [1.54, 1.807) is 6.92 Å². The maximum atomic E-state index is 10.8. The van der Waals surface area contributed by atoms with E-state index in [4.69, 9.17) is 11.6 Å². The second kappa shape index (κ2) is 7.30. The molecule has 0 spiro atoms. The molecular weight excluding hydrogens is 237 g/mol. The van der Waals surface area contributed by atoms with Crippen molar-refractivity contribution >= 4 is 17.6 Å². The van der Waals surface area contributed by atoms with Crippen molar-refractivity contribution in [1.29, 1.82) is 0 Å². The Hall–Kier alpha value is -0.0600. The van der Waals surface area contributed by atoms with Crippen LogP contribution in [-0.4, -0.2) is 11.0 Å². The van der Waals surface area contributed by atoms with E-state index in [9.17, 15) is 9.90 Å². The summed E-state index contributed by atoms with van der Waals surface area (Å²) in [6, 6.07) is 9.47. The molecule has 0 fully saturated rings. The summed E-state index contributed by atoms with van der Waals surface area (Å²) in [5.74, 6) is -1.29. The summed E-state index contributed by atoms with van der Waals surface area (Å²) in [4.78, 5) is 9.29. The Morgan fingerprint density at radius 1 is 1.44 bits per heavy atom. The molecule has 16 heavy (non-hydrogen) atoms. The van der Waals surface area contributed by atoms with Crippen LogP contribution < -0.4 is 40.0 Å². The molecule has 0 aliphatic carbocycles. The molecule has 0 bridgehead atoms. The minimum atomic E-state index is -1.48. The molecule has 1 aromatic carbocycles. The third kappa shape index (κ3) is 4.44. The Kier molecular flexibility index (Phi) is 7.27. The van der Waals surface area contributed by atoms with Crippen LogP contribution in [0.5, 0.6) is 0 Å². The zero-order chi connectivity index (χ0) is 11.3. The predicted molar refractivity (Wildman–Crippen MR) is 57.2 cm³/mol. The number of carboxylic acid groups (broad SMARTS) is 1. The SMILES string of the molecule is CCC(Cl)(NCc1ccccc1)C(=O)[O-].[Na+]. The third-order valence-corrected chi connectivity index (χ3v) is 2.78. The molecule has 5 heteroatoms. The fraction of sp³-hybridized carbons (Fsp3) is 0.364. The fourth-order valence-electron chi connectivity index (χ4n) is 1.18. The molecule has 0 amide bonds. The van der Waals surface area contributed by atoms with Gasteiger partial charge in [0.1, 0.15) is 5.00 Å². The number of carbonyl (C=O) groups is 1. The van der Waals surface area contributed by atoms with Gasteiger partial charge in [-0.3, -0.25) is 5.32 Å². The average Bonchev–Trinajstić information content (AvgIpc) is 2.27. The standard InChI is InChI=1S/C11H14ClNO2.Na/c1-2-11(12,10(14)15)13-8-9-6-4-3-5-7-9;/h3-7,13H,2,8H2,1H3,(H,14,15);/q;+1/p-1. The first-order valence-electron chi connectivity index (χ1n) is 4.78. The Balaban J connectivity index is 0.00000225. The van der Waals surface area contributed by atoms with Gasteiger partial charge < -0.3 is 9.90 Å². The molecule has 1 atom stereocenters. The van der Waals surface area contributed by atoms with E-state index >= 15 is 0 Å². The molecule has 0 saturated carbocycles. The van der Waals surface area contributed by atoms with Crippen LogP contribution in [0.2, 0.25) is 0 Å². The van der Waals surface area contributed by atoms with E-state index in [0.29, 0.717) is 6.54 Å². The average molecular weight is 250 g/mol. The van der Waals surface area contributed by atoms with Gasteiger partial charge in [0.05, 0.1) is 5.97 Å². The van der Waals surface area contributed by atoms with Gasteiger partial charge in [0.15, 0.2) is 0 Å². The number of hydrogen-bond donors (Lipinski definition) is 1. The Labute approximate surface area is 122 Å². The van der Waals surface area contributed by atoms with Crippen LogP contribution in [0, 0.1) is 0 Å². The van der Waals surface area contributed by atoms with Crippen molar-refractivity contribution < 1.29 is 39.5 Å². The van der Waals surface area contributed by atoms with Crippen molar-refractivity contribution in [2.45, 2.75) is 24.9 Å². The quantitative estimate of drug-likeness (QED) is 0.369. The molecule has 0 aliphatic heterocycles. The number of carboxylic acids is 1. The summed E-state index contributed by atoms with van der Waals surface area (Å²) in [6.45, 7) is 2.10. The number of rotatable bonds is 5. The van der Waals surface area contributed by atoms with Gasteiger partial charge in [-0.05, 0) is 12.0 Å². The van der Waals surface area contributed by atoms with E-state index in [2.05, 4.69) is 5.32 Å². The molecule has 0 heterocycles. The zero-order valence-corrected chi connectivity index (χ0v) is 12.3. The molecule has 0 saturated heterocycles. The first-order chi connectivity index (χ1) is 7.08.